The first kappa shape index (κ1) is 9.25. The molecular formula is C7H13IN2O. The van der Waals surface area contributed by atoms with Gasteiger partial charge in [0.1, 0.15) is 0 Å². The summed E-state index contributed by atoms with van der Waals surface area (Å²) in [5.74, 6) is 0.184. The number of rotatable bonds is 2. The van der Waals surface area contributed by atoms with Crippen LogP contribution in [0.3, 0.4) is 0 Å². The highest BCUT2D eigenvalue weighted by Gasteiger charge is 2.28. The maximum atomic E-state index is 10.8. The van der Waals surface area contributed by atoms with Gasteiger partial charge in [0, 0.05) is 26.1 Å². The Hall–Kier alpha value is 0.160. The smallest absolute Gasteiger partial charge is 0.219 e. The van der Waals surface area contributed by atoms with Crippen LogP contribution in [0, 0.1) is 0 Å². The van der Waals surface area contributed by atoms with Crippen LogP contribution in [0.25, 0.3) is 0 Å². The highest BCUT2D eigenvalue weighted by molar-refractivity contribution is 14.1. The van der Waals surface area contributed by atoms with Crippen molar-refractivity contribution in [2.45, 2.75) is 23.9 Å². The molecule has 0 aromatic carbocycles. The van der Waals surface area contributed by atoms with Gasteiger partial charge in [-0.15, -0.1) is 0 Å². The van der Waals surface area contributed by atoms with Crippen LogP contribution in [0.5, 0.6) is 0 Å². The van der Waals surface area contributed by atoms with Gasteiger partial charge in [-0.2, -0.15) is 0 Å². The largest absolute Gasteiger partial charge is 0.340 e. The fraction of sp³-hybridized carbons (Fsp3) is 0.857. The average Bonchev–Trinajstić information content (AvgIpc) is 1.75. The molecule has 1 heterocycles. The standard InChI is InChI=1S/C7H13IN2O/c1-5(8)9-7-3-10(4-7)6(2)11/h5,7,9H,3-4H2,1-2H3/t5-/m0/s1. The number of alkyl halides is 1. The summed E-state index contributed by atoms with van der Waals surface area (Å²) < 4.78 is 0.492. The number of halogens is 1. The second kappa shape index (κ2) is 3.71. The quantitative estimate of drug-likeness (QED) is 0.451. The number of carbonyl (C=O) groups excluding carboxylic acids is 1. The molecule has 64 valence electrons. The molecule has 1 N–H and O–H groups in total. The molecule has 11 heavy (non-hydrogen) atoms. The molecule has 0 saturated carbocycles. The maximum Gasteiger partial charge on any atom is 0.219 e. The summed E-state index contributed by atoms with van der Waals surface area (Å²) in [6.45, 7) is 5.48. The summed E-state index contributed by atoms with van der Waals surface area (Å²) in [6.07, 6.45) is 0. The fourth-order valence-electron chi connectivity index (χ4n) is 1.17. The highest BCUT2D eigenvalue weighted by atomic mass is 127. The maximum absolute atomic E-state index is 10.8. The molecular weight excluding hydrogens is 255 g/mol. The number of nitrogens with zero attached hydrogens (tertiary/aromatic N) is 1. The van der Waals surface area contributed by atoms with Crippen molar-refractivity contribution in [1.82, 2.24) is 10.2 Å². The van der Waals surface area contributed by atoms with E-state index in [4.69, 9.17) is 0 Å². The van der Waals surface area contributed by atoms with Crippen LogP contribution >= 0.6 is 22.6 Å². The number of hydrogen-bond acceptors (Lipinski definition) is 2. The van der Waals surface area contributed by atoms with Crippen LogP contribution in [-0.2, 0) is 4.79 Å². The van der Waals surface area contributed by atoms with Crippen LogP contribution in [0.2, 0.25) is 0 Å². The van der Waals surface area contributed by atoms with Crippen LogP contribution in [0.1, 0.15) is 13.8 Å². The van der Waals surface area contributed by atoms with E-state index in [2.05, 4.69) is 34.8 Å². The van der Waals surface area contributed by atoms with Gasteiger partial charge in [-0.05, 0) is 6.92 Å². The van der Waals surface area contributed by atoms with E-state index in [1.54, 1.807) is 6.92 Å². The Kier molecular flexibility index (Phi) is 3.12. The Bertz CT molecular complexity index is 155. The molecule has 1 rings (SSSR count). The number of amides is 1. The zero-order valence-electron chi connectivity index (χ0n) is 6.80. The number of nitrogens with one attached hydrogen (secondary N) is 1. The van der Waals surface area contributed by atoms with Gasteiger partial charge in [0.25, 0.3) is 0 Å². The summed E-state index contributed by atoms with van der Waals surface area (Å²) in [6, 6.07) is 0.519. The molecule has 0 aliphatic carbocycles. The Morgan fingerprint density at radius 3 is 2.64 bits per heavy atom. The van der Waals surface area contributed by atoms with Crippen molar-refractivity contribution in [3.63, 3.8) is 0 Å². The first-order valence-corrected chi connectivity index (χ1v) is 5.00. The molecule has 1 fully saturated rings. The number of carbonyl (C=O) groups is 1. The predicted octanol–water partition coefficient (Wildman–Crippen LogP) is 0.588. The summed E-state index contributed by atoms with van der Waals surface area (Å²) in [5, 5.41) is 3.36. The lowest BCUT2D eigenvalue weighted by molar-refractivity contribution is -0.133. The lowest BCUT2D eigenvalue weighted by atomic mass is 10.1. The topological polar surface area (TPSA) is 32.3 Å². The lowest BCUT2D eigenvalue weighted by Crippen LogP contribution is -2.60. The van der Waals surface area contributed by atoms with E-state index in [0.717, 1.165) is 13.1 Å². The van der Waals surface area contributed by atoms with E-state index in [-0.39, 0.29) is 5.91 Å². The lowest BCUT2D eigenvalue weighted by Gasteiger charge is -2.39. The zero-order valence-corrected chi connectivity index (χ0v) is 8.96. The van der Waals surface area contributed by atoms with Crippen molar-refractivity contribution in [2.24, 2.45) is 0 Å². The van der Waals surface area contributed by atoms with Crippen LogP contribution in [0.15, 0.2) is 0 Å². The van der Waals surface area contributed by atoms with E-state index in [1.807, 2.05) is 4.90 Å². The normalized spacial score (nSPS) is 21.2. The molecule has 4 heteroatoms. The molecule has 0 bridgehead atoms. The third kappa shape index (κ3) is 2.59. The minimum Gasteiger partial charge on any atom is -0.340 e. The second-order valence-corrected chi connectivity index (χ2v) is 4.77. The van der Waals surface area contributed by atoms with E-state index in [1.165, 1.54) is 0 Å². The van der Waals surface area contributed by atoms with Crippen molar-refractivity contribution in [3.05, 3.63) is 0 Å². The van der Waals surface area contributed by atoms with Gasteiger partial charge in [-0.1, -0.05) is 22.6 Å². The molecule has 1 aliphatic heterocycles. The Labute approximate surface area is 80.7 Å². The predicted molar refractivity (Wildman–Crippen MR) is 52.7 cm³/mol. The molecule has 1 saturated heterocycles. The van der Waals surface area contributed by atoms with Gasteiger partial charge < -0.3 is 4.90 Å². The molecule has 1 amide bonds. The number of hydrogen-bond donors (Lipinski definition) is 1. The number of likely N-dealkylation sites (tertiary alicyclic amines) is 1. The molecule has 1 aliphatic rings. The molecule has 0 aromatic heterocycles. The third-order valence-corrected chi connectivity index (χ3v) is 2.15. The van der Waals surface area contributed by atoms with Crippen molar-refractivity contribution in [2.75, 3.05) is 13.1 Å². The van der Waals surface area contributed by atoms with Crippen molar-refractivity contribution in [1.29, 1.82) is 0 Å². The minimum absolute atomic E-state index is 0.184. The van der Waals surface area contributed by atoms with Crippen molar-refractivity contribution in [3.8, 4) is 0 Å². The molecule has 0 unspecified atom stereocenters. The van der Waals surface area contributed by atoms with Crippen LogP contribution < -0.4 is 5.32 Å². The summed E-state index contributed by atoms with van der Waals surface area (Å²) in [7, 11) is 0. The van der Waals surface area contributed by atoms with Gasteiger partial charge in [-0.3, -0.25) is 10.1 Å². The second-order valence-electron chi connectivity index (χ2n) is 2.90. The van der Waals surface area contributed by atoms with E-state index in [0.29, 0.717) is 10.1 Å². The average molecular weight is 268 g/mol. The fourth-order valence-corrected chi connectivity index (χ4v) is 1.67. The molecule has 0 aromatic rings. The van der Waals surface area contributed by atoms with Gasteiger partial charge in [-0.25, -0.2) is 0 Å². The Morgan fingerprint density at radius 1 is 1.73 bits per heavy atom. The van der Waals surface area contributed by atoms with E-state index >= 15 is 0 Å². The van der Waals surface area contributed by atoms with E-state index in [9.17, 15) is 4.79 Å². The highest BCUT2D eigenvalue weighted by Crippen LogP contribution is 2.09. The summed E-state index contributed by atoms with van der Waals surface area (Å²) >= 11 is 2.32. The molecule has 1 atom stereocenters. The van der Waals surface area contributed by atoms with Gasteiger partial charge in [0.15, 0.2) is 0 Å². The Balaban J connectivity index is 2.14. The first-order chi connectivity index (χ1) is 5.09. The molecule has 0 radical (unpaired) electrons. The van der Waals surface area contributed by atoms with Gasteiger partial charge in [0.05, 0.1) is 4.05 Å². The zero-order chi connectivity index (χ0) is 8.43. The van der Waals surface area contributed by atoms with E-state index < -0.39 is 0 Å². The van der Waals surface area contributed by atoms with Crippen molar-refractivity contribution >= 4 is 28.5 Å². The van der Waals surface area contributed by atoms with Crippen LogP contribution in [0.4, 0.5) is 0 Å². The molecule has 3 nitrogen and oxygen atoms in total. The van der Waals surface area contributed by atoms with Gasteiger partial charge in [0.2, 0.25) is 5.91 Å². The summed E-state index contributed by atoms with van der Waals surface area (Å²) in [4.78, 5) is 12.6. The minimum atomic E-state index is 0.184. The Morgan fingerprint density at radius 2 is 2.27 bits per heavy atom. The van der Waals surface area contributed by atoms with Crippen LogP contribution in [-0.4, -0.2) is 34.0 Å². The monoisotopic (exact) mass is 268 g/mol. The molecule has 0 spiro atoms. The van der Waals surface area contributed by atoms with Crippen molar-refractivity contribution < 1.29 is 4.79 Å². The van der Waals surface area contributed by atoms with Gasteiger partial charge >= 0.3 is 0 Å². The summed E-state index contributed by atoms with van der Waals surface area (Å²) in [5.41, 5.74) is 0. The SMILES string of the molecule is CC(=O)N1CC(N[C@@H](C)I)C1. The third-order valence-electron chi connectivity index (χ3n) is 1.79. The first-order valence-electron chi connectivity index (χ1n) is 3.75.